The van der Waals surface area contributed by atoms with Crippen LogP contribution in [0.3, 0.4) is 0 Å². The van der Waals surface area contributed by atoms with Gasteiger partial charge in [0.1, 0.15) is 36.3 Å². The van der Waals surface area contributed by atoms with Crippen LogP contribution in [0.2, 0.25) is 0 Å². The van der Waals surface area contributed by atoms with E-state index in [1.807, 2.05) is 43.3 Å². The highest BCUT2D eigenvalue weighted by molar-refractivity contribution is 5.85. The number of nitrogens with one attached hydrogen (secondary N) is 3. The monoisotopic (exact) mass is 393 g/mol. The number of para-hydroxylation sites is 1. The summed E-state index contributed by atoms with van der Waals surface area (Å²) in [5.41, 5.74) is 2.01. The van der Waals surface area contributed by atoms with Crippen molar-refractivity contribution in [2.75, 3.05) is 26.3 Å². The number of rotatable bonds is 9. The smallest absolute Gasteiger partial charge is 0.323 e. The molecule has 1 heterocycles. The second kappa shape index (κ2) is 10.0. The molecule has 146 valence electrons. The van der Waals surface area contributed by atoms with Crippen LogP contribution < -0.4 is 20.5 Å². The maximum Gasteiger partial charge on any atom is 0.323 e. The first kappa shape index (κ1) is 20.8. The molecule has 0 aliphatic heterocycles. The highest BCUT2D eigenvalue weighted by Gasteiger charge is 2.10. The van der Waals surface area contributed by atoms with Gasteiger partial charge < -0.3 is 29.9 Å². The zero-order valence-electron chi connectivity index (χ0n) is 15.0. The Balaban J connectivity index is 0.00000261. The first-order chi connectivity index (χ1) is 12.6. The standard InChI is InChI=1S/C19H23N3O4.ClH/c1-13-7-8-16(18-17(13)21-19(24)22-18)26-12-14(23)11-20-9-10-25-15-5-3-2-4-6-15;/h2-8,14,20,23H,9-12H2,1H3,(H2,21,22,24);1H. The molecule has 0 radical (unpaired) electrons. The summed E-state index contributed by atoms with van der Waals surface area (Å²) in [6, 6.07) is 13.2. The number of aliphatic hydroxyl groups excluding tert-OH is 1. The van der Waals surface area contributed by atoms with E-state index in [4.69, 9.17) is 9.47 Å². The molecule has 0 bridgehead atoms. The zero-order chi connectivity index (χ0) is 18.4. The first-order valence-electron chi connectivity index (χ1n) is 8.54. The third-order valence-electron chi connectivity index (χ3n) is 3.95. The molecule has 7 nitrogen and oxygen atoms in total. The molecule has 0 aliphatic rings. The van der Waals surface area contributed by atoms with Crippen molar-refractivity contribution in [2.45, 2.75) is 13.0 Å². The summed E-state index contributed by atoms with van der Waals surface area (Å²) in [6.07, 6.45) is -0.672. The van der Waals surface area contributed by atoms with Crippen LogP contribution in [0.1, 0.15) is 5.56 Å². The Labute approximate surface area is 163 Å². The molecule has 1 unspecified atom stereocenters. The van der Waals surface area contributed by atoms with E-state index < -0.39 is 6.10 Å². The first-order valence-corrected chi connectivity index (χ1v) is 8.54. The lowest BCUT2D eigenvalue weighted by Crippen LogP contribution is -2.33. The molecule has 0 aliphatic carbocycles. The molecule has 3 aromatic rings. The Kier molecular flexibility index (Phi) is 7.72. The Bertz CT molecular complexity index is 895. The number of fused-ring (bicyclic) bond motifs is 1. The predicted molar refractivity (Wildman–Crippen MR) is 107 cm³/mol. The van der Waals surface area contributed by atoms with Crippen LogP contribution in [0, 0.1) is 6.92 Å². The fourth-order valence-corrected chi connectivity index (χ4v) is 2.62. The molecular formula is C19H24ClN3O4. The molecule has 0 spiro atoms. The van der Waals surface area contributed by atoms with Crippen molar-refractivity contribution in [3.8, 4) is 11.5 Å². The molecular weight excluding hydrogens is 370 g/mol. The maximum atomic E-state index is 11.5. The molecule has 0 fully saturated rings. The normalized spacial score (nSPS) is 11.8. The molecule has 8 heteroatoms. The van der Waals surface area contributed by atoms with Crippen molar-refractivity contribution < 1.29 is 14.6 Å². The van der Waals surface area contributed by atoms with Gasteiger partial charge in [-0.3, -0.25) is 0 Å². The lowest BCUT2D eigenvalue weighted by Gasteiger charge is -2.14. The molecule has 1 atom stereocenters. The number of hydrogen-bond donors (Lipinski definition) is 4. The highest BCUT2D eigenvalue weighted by atomic mass is 35.5. The van der Waals surface area contributed by atoms with Crippen LogP contribution >= 0.6 is 12.4 Å². The van der Waals surface area contributed by atoms with Gasteiger partial charge in [0.15, 0.2) is 0 Å². The summed E-state index contributed by atoms with van der Waals surface area (Å²) < 4.78 is 11.2. The van der Waals surface area contributed by atoms with Gasteiger partial charge in [0.05, 0.1) is 5.52 Å². The third-order valence-corrected chi connectivity index (χ3v) is 3.95. The van der Waals surface area contributed by atoms with E-state index in [-0.39, 0.29) is 24.7 Å². The van der Waals surface area contributed by atoms with Gasteiger partial charge in [-0.2, -0.15) is 0 Å². The van der Waals surface area contributed by atoms with Crippen molar-refractivity contribution >= 4 is 23.4 Å². The minimum atomic E-state index is -0.672. The van der Waals surface area contributed by atoms with Gasteiger partial charge in [0, 0.05) is 13.1 Å². The molecule has 27 heavy (non-hydrogen) atoms. The van der Waals surface area contributed by atoms with E-state index in [0.717, 1.165) is 16.8 Å². The van der Waals surface area contributed by atoms with Gasteiger partial charge >= 0.3 is 5.69 Å². The summed E-state index contributed by atoms with van der Waals surface area (Å²) in [6.45, 7) is 3.55. The molecule has 0 amide bonds. The summed E-state index contributed by atoms with van der Waals surface area (Å²) >= 11 is 0. The van der Waals surface area contributed by atoms with Gasteiger partial charge in [-0.15, -0.1) is 12.4 Å². The molecule has 2 aromatic carbocycles. The number of aromatic amines is 2. The average molecular weight is 394 g/mol. The number of aryl methyl sites for hydroxylation is 1. The quantitative estimate of drug-likeness (QED) is 0.417. The van der Waals surface area contributed by atoms with Gasteiger partial charge in [-0.25, -0.2) is 4.79 Å². The van der Waals surface area contributed by atoms with Gasteiger partial charge in [0.25, 0.3) is 0 Å². The fraction of sp³-hybridized carbons (Fsp3) is 0.316. The number of aliphatic hydroxyl groups is 1. The Hall–Kier alpha value is -2.48. The minimum absolute atomic E-state index is 0. The average Bonchev–Trinajstić information content (AvgIpc) is 3.04. The number of H-pyrrole nitrogens is 2. The summed E-state index contributed by atoms with van der Waals surface area (Å²) in [7, 11) is 0. The van der Waals surface area contributed by atoms with E-state index in [9.17, 15) is 9.90 Å². The van der Waals surface area contributed by atoms with Crippen molar-refractivity contribution in [1.82, 2.24) is 15.3 Å². The number of ether oxygens (including phenoxy) is 2. The van der Waals surface area contributed by atoms with E-state index in [2.05, 4.69) is 15.3 Å². The van der Waals surface area contributed by atoms with Crippen LogP contribution in [0.4, 0.5) is 0 Å². The topological polar surface area (TPSA) is 99.4 Å². The predicted octanol–water partition coefficient (Wildman–Crippen LogP) is 1.99. The van der Waals surface area contributed by atoms with Crippen molar-refractivity contribution in [1.29, 1.82) is 0 Å². The van der Waals surface area contributed by atoms with Gasteiger partial charge in [-0.1, -0.05) is 24.3 Å². The van der Waals surface area contributed by atoms with Crippen molar-refractivity contribution in [2.24, 2.45) is 0 Å². The van der Waals surface area contributed by atoms with Crippen LogP contribution in [0.25, 0.3) is 11.0 Å². The molecule has 0 saturated carbocycles. The summed E-state index contributed by atoms with van der Waals surface area (Å²) in [4.78, 5) is 17.0. The minimum Gasteiger partial charge on any atom is -0.492 e. The molecule has 4 N–H and O–H groups in total. The summed E-state index contributed by atoms with van der Waals surface area (Å²) in [5.74, 6) is 1.36. The highest BCUT2D eigenvalue weighted by Crippen LogP contribution is 2.24. The largest absolute Gasteiger partial charge is 0.492 e. The number of benzene rings is 2. The van der Waals surface area contributed by atoms with Crippen molar-refractivity contribution in [3.63, 3.8) is 0 Å². The third kappa shape index (κ3) is 5.75. The lowest BCUT2D eigenvalue weighted by atomic mass is 10.2. The van der Waals surface area contributed by atoms with Gasteiger partial charge in [0.2, 0.25) is 0 Å². The Morgan fingerprint density at radius 3 is 2.59 bits per heavy atom. The van der Waals surface area contributed by atoms with Crippen LogP contribution in [-0.4, -0.2) is 47.5 Å². The number of hydrogen-bond acceptors (Lipinski definition) is 5. The van der Waals surface area contributed by atoms with Crippen LogP contribution in [0.5, 0.6) is 11.5 Å². The lowest BCUT2D eigenvalue weighted by molar-refractivity contribution is 0.106. The SMILES string of the molecule is Cc1ccc(OCC(O)CNCCOc2ccccc2)c2[nH]c(=O)[nH]c12.Cl. The van der Waals surface area contributed by atoms with E-state index in [1.165, 1.54) is 0 Å². The zero-order valence-corrected chi connectivity index (χ0v) is 15.8. The fourth-order valence-electron chi connectivity index (χ4n) is 2.62. The van der Waals surface area contributed by atoms with E-state index >= 15 is 0 Å². The second-order valence-corrected chi connectivity index (χ2v) is 6.04. The van der Waals surface area contributed by atoms with Gasteiger partial charge in [-0.05, 0) is 30.7 Å². The Morgan fingerprint density at radius 2 is 1.81 bits per heavy atom. The van der Waals surface area contributed by atoms with Crippen LogP contribution in [0.15, 0.2) is 47.3 Å². The van der Waals surface area contributed by atoms with E-state index in [1.54, 1.807) is 6.07 Å². The second-order valence-electron chi connectivity index (χ2n) is 6.04. The summed E-state index contributed by atoms with van der Waals surface area (Å²) in [5, 5.41) is 13.2. The van der Waals surface area contributed by atoms with E-state index in [0.29, 0.717) is 31.0 Å². The van der Waals surface area contributed by atoms with Crippen LogP contribution in [-0.2, 0) is 0 Å². The molecule has 0 saturated heterocycles. The molecule has 3 rings (SSSR count). The number of aromatic nitrogens is 2. The number of halogens is 1. The Morgan fingerprint density at radius 1 is 1.07 bits per heavy atom. The van der Waals surface area contributed by atoms with Crippen molar-refractivity contribution in [3.05, 3.63) is 58.5 Å². The maximum absolute atomic E-state index is 11.5. The number of imidazole rings is 1. The molecule has 1 aromatic heterocycles.